The number of carbonyl (C=O) groups is 2. The maximum atomic E-state index is 13.1. The number of hydrogen-bond donors (Lipinski definition) is 1. The molecule has 0 aliphatic carbocycles. The van der Waals surface area contributed by atoms with Crippen molar-refractivity contribution in [3.8, 4) is 0 Å². The van der Waals surface area contributed by atoms with Crippen molar-refractivity contribution in [1.82, 2.24) is 10.2 Å². The van der Waals surface area contributed by atoms with Crippen molar-refractivity contribution in [2.45, 2.75) is 46.1 Å². The molecule has 0 heterocycles. The lowest BCUT2D eigenvalue weighted by Gasteiger charge is -2.30. The highest BCUT2D eigenvalue weighted by atomic mass is 16.2. The third-order valence-corrected chi connectivity index (χ3v) is 5.04. The Balaban J connectivity index is 2.19. The molecular weight excluding hydrogens is 336 g/mol. The summed E-state index contributed by atoms with van der Waals surface area (Å²) >= 11 is 0. The second-order valence-electron chi connectivity index (χ2n) is 6.96. The Morgan fingerprint density at radius 3 is 2.30 bits per heavy atom. The van der Waals surface area contributed by atoms with Gasteiger partial charge in [-0.3, -0.25) is 9.59 Å². The molecule has 2 rings (SSSR count). The van der Waals surface area contributed by atoms with Crippen LogP contribution in [0.1, 0.15) is 35.6 Å². The third-order valence-electron chi connectivity index (χ3n) is 5.04. The van der Waals surface area contributed by atoms with Gasteiger partial charge >= 0.3 is 0 Å². The minimum atomic E-state index is -0.447. The second kappa shape index (κ2) is 9.91. The molecule has 2 aromatic carbocycles. The Morgan fingerprint density at radius 1 is 1.00 bits per heavy atom. The molecule has 0 unspecified atom stereocenters. The molecule has 0 aliphatic heterocycles. The average Bonchev–Trinajstić information content (AvgIpc) is 2.68. The molecule has 0 aromatic heterocycles. The molecule has 1 N–H and O–H groups in total. The first-order valence-electron chi connectivity index (χ1n) is 9.57. The molecule has 4 heteroatoms. The van der Waals surface area contributed by atoms with Gasteiger partial charge in [0, 0.05) is 13.6 Å². The lowest BCUT2D eigenvalue weighted by atomic mass is 10.0. The monoisotopic (exact) mass is 366 g/mol. The predicted octanol–water partition coefficient (Wildman–Crippen LogP) is 3.44. The van der Waals surface area contributed by atoms with Crippen LogP contribution in [-0.4, -0.2) is 36.3 Å². The summed E-state index contributed by atoms with van der Waals surface area (Å²) in [7, 11) is 1.62. The van der Waals surface area contributed by atoms with Crippen LogP contribution < -0.4 is 5.32 Å². The van der Waals surface area contributed by atoms with E-state index in [4.69, 9.17) is 0 Å². The number of nitrogens with one attached hydrogen (secondary N) is 1. The summed E-state index contributed by atoms with van der Waals surface area (Å²) in [4.78, 5) is 27.2. The Hall–Kier alpha value is -2.62. The molecule has 4 nitrogen and oxygen atoms in total. The Morgan fingerprint density at radius 2 is 1.70 bits per heavy atom. The van der Waals surface area contributed by atoms with Gasteiger partial charge in [0.1, 0.15) is 6.04 Å². The van der Waals surface area contributed by atoms with Crippen LogP contribution in [0, 0.1) is 13.8 Å². The van der Waals surface area contributed by atoms with Gasteiger partial charge in [0.15, 0.2) is 0 Å². The highest BCUT2D eigenvalue weighted by Crippen LogP contribution is 2.14. The molecule has 0 saturated carbocycles. The molecule has 0 saturated heterocycles. The zero-order valence-corrected chi connectivity index (χ0v) is 16.8. The van der Waals surface area contributed by atoms with E-state index in [0.29, 0.717) is 19.4 Å². The third kappa shape index (κ3) is 5.68. The number of likely N-dealkylation sites (N-methyl/N-ethyl adjacent to an activating group) is 1. The molecule has 0 radical (unpaired) electrons. The number of carbonyl (C=O) groups excluding carboxylic acids is 2. The van der Waals surface area contributed by atoms with E-state index in [1.54, 1.807) is 11.9 Å². The molecule has 2 amide bonds. The second-order valence-corrected chi connectivity index (χ2v) is 6.96. The molecule has 0 aliphatic rings. The maximum Gasteiger partial charge on any atom is 0.242 e. The summed E-state index contributed by atoms with van der Waals surface area (Å²) in [5.74, 6) is -0.122. The van der Waals surface area contributed by atoms with Gasteiger partial charge < -0.3 is 10.2 Å². The van der Waals surface area contributed by atoms with E-state index < -0.39 is 6.04 Å². The van der Waals surface area contributed by atoms with Crippen molar-refractivity contribution in [3.63, 3.8) is 0 Å². The van der Waals surface area contributed by atoms with Gasteiger partial charge in [0.2, 0.25) is 11.8 Å². The van der Waals surface area contributed by atoms with E-state index >= 15 is 0 Å². The Bertz CT molecular complexity index is 771. The SMILES string of the molecule is CC[C@H](C(=O)NC)N(CCc1ccccc1)C(=O)Cc1ccc(C)c(C)c1. The fourth-order valence-electron chi connectivity index (χ4n) is 3.25. The van der Waals surface area contributed by atoms with Gasteiger partial charge in [-0.15, -0.1) is 0 Å². The highest BCUT2D eigenvalue weighted by molar-refractivity contribution is 5.88. The zero-order chi connectivity index (χ0) is 19.8. The van der Waals surface area contributed by atoms with Crippen LogP contribution in [0.3, 0.4) is 0 Å². The standard InChI is InChI=1S/C23H30N2O2/c1-5-21(23(27)24-4)25(14-13-19-9-7-6-8-10-19)22(26)16-20-12-11-17(2)18(3)15-20/h6-12,15,21H,5,13-14,16H2,1-4H3,(H,24,27)/t21-/m1/s1. The van der Waals surface area contributed by atoms with Crippen molar-refractivity contribution < 1.29 is 9.59 Å². The minimum Gasteiger partial charge on any atom is -0.357 e. The van der Waals surface area contributed by atoms with Crippen LogP contribution in [0.2, 0.25) is 0 Å². The van der Waals surface area contributed by atoms with Gasteiger partial charge in [-0.2, -0.15) is 0 Å². The zero-order valence-electron chi connectivity index (χ0n) is 16.8. The van der Waals surface area contributed by atoms with Gasteiger partial charge in [0.25, 0.3) is 0 Å². The summed E-state index contributed by atoms with van der Waals surface area (Å²) in [5, 5.41) is 2.70. The summed E-state index contributed by atoms with van der Waals surface area (Å²) in [6.07, 6.45) is 1.63. The molecule has 2 aromatic rings. The Labute approximate surface area is 162 Å². The van der Waals surface area contributed by atoms with E-state index in [9.17, 15) is 9.59 Å². The van der Waals surface area contributed by atoms with Gasteiger partial charge in [-0.05, 0) is 48.9 Å². The first-order chi connectivity index (χ1) is 13.0. The summed E-state index contributed by atoms with van der Waals surface area (Å²) in [5.41, 5.74) is 4.53. The van der Waals surface area contributed by atoms with Crippen LogP contribution in [0.5, 0.6) is 0 Å². The fraction of sp³-hybridized carbons (Fsp3) is 0.391. The molecule has 1 atom stereocenters. The number of rotatable bonds is 8. The van der Waals surface area contributed by atoms with Crippen LogP contribution in [-0.2, 0) is 22.4 Å². The number of nitrogens with zero attached hydrogens (tertiary/aromatic N) is 1. The number of aryl methyl sites for hydroxylation is 2. The molecule has 0 spiro atoms. The van der Waals surface area contributed by atoms with Crippen LogP contribution >= 0.6 is 0 Å². The largest absolute Gasteiger partial charge is 0.357 e. The van der Waals surface area contributed by atoms with E-state index in [2.05, 4.69) is 25.2 Å². The number of benzene rings is 2. The summed E-state index contributed by atoms with van der Waals surface area (Å²) in [6, 6.07) is 15.7. The topological polar surface area (TPSA) is 49.4 Å². The molecule has 0 fully saturated rings. The van der Waals surface area contributed by atoms with Crippen molar-refractivity contribution in [2.75, 3.05) is 13.6 Å². The smallest absolute Gasteiger partial charge is 0.242 e. The quantitative estimate of drug-likeness (QED) is 0.778. The van der Waals surface area contributed by atoms with Crippen LogP contribution in [0.15, 0.2) is 48.5 Å². The lowest BCUT2D eigenvalue weighted by molar-refractivity contribution is -0.140. The lowest BCUT2D eigenvalue weighted by Crippen LogP contribution is -2.49. The van der Waals surface area contributed by atoms with Crippen molar-refractivity contribution in [3.05, 3.63) is 70.8 Å². The van der Waals surface area contributed by atoms with E-state index in [1.807, 2.05) is 49.4 Å². The molecule has 144 valence electrons. The fourth-order valence-corrected chi connectivity index (χ4v) is 3.25. The minimum absolute atomic E-state index is 0.00960. The maximum absolute atomic E-state index is 13.1. The first kappa shape index (κ1) is 20.7. The number of hydrogen-bond acceptors (Lipinski definition) is 2. The number of amides is 2. The van der Waals surface area contributed by atoms with Crippen molar-refractivity contribution in [2.24, 2.45) is 0 Å². The van der Waals surface area contributed by atoms with Crippen LogP contribution in [0.4, 0.5) is 0 Å². The van der Waals surface area contributed by atoms with Crippen molar-refractivity contribution in [1.29, 1.82) is 0 Å². The highest BCUT2D eigenvalue weighted by Gasteiger charge is 2.27. The van der Waals surface area contributed by atoms with E-state index in [0.717, 1.165) is 17.5 Å². The average molecular weight is 367 g/mol. The predicted molar refractivity (Wildman–Crippen MR) is 110 cm³/mol. The van der Waals surface area contributed by atoms with Crippen LogP contribution in [0.25, 0.3) is 0 Å². The normalized spacial score (nSPS) is 11.7. The van der Waals surface area contributed by atoms with Crippen molar-refractivity contribution >= 4 is 11.8 Å². The Kier molecular flexibility index (Phi) is 7.59. The first-order valence-corrected chi connectivity index (χ1v) is 9.57. The molecule has 27 heavy (non-hydrogen) atoms. The molecular formula is C23H30N2O2. The van der Waals surface area contributed by atoms with E-state index in [1.165, 1.54) is 11.1 Å². The molecule has 0 bridgehead atoms. The van der Waals surface area contributed by atoms with Gasteiger partial charge in [0.05, 0.1) is 6.42 Å². The summed E-state index contributed by atoms with van der Waals surface area (Å²) in [6.45, 7) is 6.58. The summed E-state index contributed by atoms with van der Waals surface area (Å²) < 4.78 is 0. The van der Waals surface area contributed by atoms with Gasteiger partial charge in [-0.25, -0.2) is 0 Å². The van der Waals surface area contributed by atoms with Gasteiger partial charge in [-0.1, -0.05) is 55.5 Å². The van der Waals surface area contributed by atoms with E-state index in [-0.39, 0.29) is 11.8 Å².